The van der Waals surface area contributed by atoms with Gasteiger partial charge in [0.2, 0.25) is 5.91 Å². The van der Waals surface area contributed by atoms with Crippen LogP contribution in [0.3, 0.4) is 0 Å². The first-order chi connectivity index (χ1) is 29.5. The molecule has 60 heavy (non-hydrogen) atoms. The molecule has 0 aliphatic carbocycles. The zero-order chi connectivity index (χ0) is 43.8. The van der Waals surface area contributed by atoms with Crippen LogP contribution in [-0.2, 0) is 14.3 Å². The summed E-state index contributed by atoms with van der Waals surface area (Å²) < 4.78 is 5.92. The number of aliphatic hydroxyl groups excluding tert-OH is 2. The molecule has 0 fully saturated rings. The number of hydrogen-bond donors (Lipinski definition) is 3. The van der Waals surface area contributed by atoms with Gasteiger partial charge in [-0.05, 0) is 44.9 Å². The summed E-state index contributed by atoms with van der Waals surface area (Å²) in [5.74, 6) is -0.485. The zero-order valence-corrected chi connectivity index (χ0v) is 40.1. The molecular formula is C54H101NO5. The van der Waals surface area contributed by atoms with Crippen LogP contribution in [0.25, 0.3) is 0 Å². The third kappa shape index (κ3) is 42.8. The van der Waals surface area contributed by atoms with E-state index in [1.807, 2.05) is 0 Å². The van der Waals surface area contributed by atoms with E-state index in [1.165, 1.54) is 148 Å². The van der Waals surface area contributed by atoms with Crippen molar-refractivity contribution in [3.8, 4) is 0 Å². The molecule has 0 saturated carbocycles. The summed E-state index contributed by atoms with van der Waals surface area (Å²) in [5.41, 5.74) is 0. The van der Waals surface area contributed by atoms with Gasteiger partial charge in [-0.15, -0.1) is 0 Å². The van der Waals surface area contributed by atoms with E-state index in [0.29, 0.717) is 19.3 Å². The maximum atomic E-state index is 13.2. The van der Waals surface area contributed by atoms with Crippen molar-refractivity contribution in [3.63, 3.8) is 0 Å². The number of carbonyl (C=O) groups is 2. The van der Waals surface area contributed by atoms with Crippen LogP contribution in [0.2, 0.25) is 0 Å². The van der Waals surface area contributed by atoms with Gasteiger partial charge in [0.05, 0.1) is 25.2 Å². The molecule has 3 atom stereocenters. The fourth-order valence-corrected chi connectivity index (χ4v) is 8.08. The molecule has 352 valence electrons. The molecule has 0 aromatic heterocycles. The molecule has 0 bridgehead atoms. The number of esters is 1. The van der Waals surface area contributed by atoms with Gasteiger partial charge < -0.3 is 20.3 Å². The second-order valence-corrected chi connectivity index (χ2v) is 18.0. The third-order valence-corrected chi connectivity index (χ3v) is 12.0. The normalized spacial score (nSPS) is 13.5. The number of ether oxygens (including phenoxy) is 1. The Morgan fingerprint density at radius 1 is 0.500 bits per heavy atom. The summed E-state index contributed by atoms with van der Waals surface area (Å²) in [6.45, 7) is 6.36. The predicted molar refractivity (Wildman–Crippen MR) is 259 cm³/mol. The monoisotopic (exact) mass is 844 g/mol. The Labute approximate surface area is 373 Å². The molecule has 6 nitrogen and oxygen atoms in total. The molecule has 3 unspecified atom stereocenters. The summed E-state index contributed by atoms with van der Waals surface area (Å²) in [6.07, 6.45) is 56.4. The first-order valence-corrected chi connectivity index (χ1v) is 26.2. The number of rotatable bonds is 47. The quantitative estimate of drug-likeness (QED) is 0.0322. The van der Waals surface area contributed by atoms with Crippen molar-refractivity contribution in [1.29, 1.82) is 0 Å². The lowest BCUT2D eigenvalue weighted by molar-refractivity contribution is -0.151. The van der Waals surface area contributed by atoms with Crippen LogP contribution in [0.1, 0.15) is 271 Å². The first-order valence-electron chi connectivity index (χ1n) is 26.2. The Morgan fingerprint density at radius 3 is 1.35 bits per heavy atom. The molecule has 0 spiro atoms. The minimum absolute atomic E-state index is 0.0676. The summed E-state index contributed by atoms with van der Waals surface area (Å²) >= 11 is 0. The molecule has 0 aromatic carbocycles. The highest BCUT2D eigenvalue weighted by Crippen LogP contribution is 2.18. The van der Waals surface area contributed by atoms with Crippen LogP contribution < -0.4 is 5.32 Å². The smallest absolute Gasteiger partial charge is 0.306 e. The lowest BCUT2D eigenvalue weighted by atomic mass is 10.0. The summed E-state index contributed by atoms with van der Waals surface area (Å²) in [5, 5.41) is 23.8. The van der Waals surface area contributed by atoms with Crippen molar-refractivity contribution in [2.75, 3.05) is 6.61 Å². The highest BCUT2D eigenvalue weighted by Gasteiger charge is 2.24. The van der Waals surface area contributed by atoms with Gasteiger partial charge >= 0.3 is 5.97 Å². The highest BCUT2D eigenvalue weighted by molar-refractivity contribution is 5.77. The van der Waals surface area contributed by atoms with Gasteiger partial charge in [-0.2, -0.15) is 0 Å². The maximum absolute atomic E-state index is 13.2. The van der Waals surface area contributed by atoms with Gasteiger partial charge in [-0.3, -0.25) is 9.59 Å². The number of allylic oxidation sites excluding steroid dienone is 6. The average molecular weight is 844 g/mol. The van der Waals surface area contributed by atoms with Gasteiger partial charge in [-0.1, -0.05) is 250 Å². The van der Waals surface area contributed by atoms with Crippen LogP contribution >= 0.6 is 0 Å². The Morgan fingerprint density at radius 2 is 0.900 bits per heavy atom. The van der Waals surface area contributed by atoms with Crippen molar-refractivity contribution in [3.05, 3.63) is 36.5 Å². The van der Waals surface area contributed by atoms with Gasteiger partial charge in [-0.25, -0.2) is 0 Å². The van der Waals surface area contributed by atoms with Gasteiger partial charge in [0.15, 0.2) is 0 Å². The average Bonchev–Trinajstić information content (AvgIpc) is 3.24. The molecule has 0 aromatic rings. The number of nitrogens with one attached hydrogen (secondary N) is 1. The maximum Gasteiger partial charge on any atom is 0.306 e. The molecule has 0 saturated heterocycles. The summed E-state index contributed by atoms with van der Waals surface area (Å²) in [6, 6.07) is -0.705. The third-order valence-electron chi connectivity index (χ3n) is 12.0. The number of amides is 1. The molecular weight excluding hydrogens is 743 g/mol. The van der Waals surface area contributed by atoms with Gasteiger partial charge in [0.1, 0.15) is 6.10 Å². The summed E-state index contributed by atoms with van der Waals surface area (Å²) in [4.78, 5) is 26.1. The van der Waals surface area contributed by atoms with E-state index in [1.54, 1.807) is 0 Å². The van der Waals surface area contributed by atoms with E-state index in [0.717, 1.165) is 77.0 Å². The second-order valence-electron chi connectivity index (χ2n) is 18.0. The van der Waals surface area contributed by atoms with Crippen molar-refractivity contribution < 1.29 is 24.5 Å². The standard InChI is InChI=1S/C54H101NO5/c1-4-7-10-13-16-19-22-24-25-26-27-29-32-34-37-40-43-46-52(57)51(49-56)55-53(58)48-50(45-42-39-36-33-31-28-23-20-17-14-11-8-5-2)60-54(59)47-44-41-38-35-30-21-18-15-12-9-6-3/h8,11,14,17,20,23,50-52,56-57H,4-7,9-10,12-13,15-16,18-19,21-22,24-49H2,1-3H3,(H,55,58)/b11-8+,17-14+,23-20+. The molecule has 6 heteroatoms. The lowest BCUT2D eigenvalue weighted by Gasteiger charge is -2.24. The van der Waals surface area contributed by atoms with Crippen LogP contribution in [0.15, 0.2) is 36.5 Å². The zero-order valence-electron chi connectivity index (χ0n) is 40.1. The summed E-state index contributed by atoms with van der Waals surface area (Å²) in [7, 11) is 0. The second kappa shape index (κ2) is 48.1. The Bertz CT molecular complexity index is 993. The van der Waals surface area contributed by atoms with Gasteiger partial charge in [0, 0.05) is 6.42 Å². The number of unbranched alkanes of at least 4 members (excludes halogenated alkanes) is 31. The molecule has 0 heterocycles. The topological polar surface area (TPSA) is 95.9 Å². The fourth-order valence-electron chi connectivity index (χ4n) is 8.08. The van der Waals surface area contributed by atoms with Crippen LogP contribution in [-0.4, -0.2) is 46.9 Å². The minimum atomic E-state index is -0.791. The van der Waals surface area contributed by atoms with E-state index in [9.17, 15) is 19.8 Å². The van der Waals surface area contributed by atoms with Crippen LogP contribution in [0.4, 0.5) is 0 Å². The molecule has 0 radical (unpaired) electrons. The van der Waals surface area contributed by atoms with Crippen molar-refractivity contribution in [2.24, 2.45) is 0 Å². The largest absolute Gasteiger partial charge is 0.462 e. The minimum Gasteiger partial charge on any atom is -0.462 e. The van der Waals surface area contributed by atoms with Crippen molar-refractivity contribution in [2.45, 2.75) is 289 Å². The number of carbonyl (C=O) groups excluding carboxylic acids is 2. The van der Waals surface area contributed by atoms with Crippen molar-refractivity contribution in [1.82, 2.24) is 5.32 Å². The highest BCUT2D eigenvalue weighted by atomic mass is 16.5. The molecule has 0 aliphatic heterocycles. The molecule has 0 aliphatic rings. The Balaban J connectivity index is 4.50. The van der Waals surface area contributed by atoms with Crippen LogP contribution in [0.5, 0.6) is 0 Å². The van der Waals surface area contributed by atoms with E-state index in [4.69, 9.17) is 4.74 Å². The lowest BCUT2D eigenvalue weighted by Crippen LogP contribution is -2.46. The van der Waals surface area contributed by atoms with E-state index in [-0.39, 0.29) is 24.9 Å². The van der Waals surface area contributed by atoms with Crippen molar-refractivity contribution >= 4 is 11.9 Å². The fraction of sp³-hybridized carbons (Fsp3) is 0.852. The van der Waals surface area contributed by atoms with Gasteiger partial charge in [0.25, 0.3) is 0 Å². The predicted octanol–water partition coefficient (Wildman–Crippen LogP) is 15.7. The molecule has 1 amide bonds. The Hall–Kier alpha value is -1.92. The number of aliphatic hydroxyl groups is 2. The Kier molecular flexibility index (Phi) is 46.6. The number of hydrogen-bond acceptors (Lipinski definition) is 5. The van der Waals surface area contributed by atoms with E-state index >= 15 is 0 Å². The SMILES string of the molecule is CC/C=C/C=C/C=C/CCCCCCCC(CC(=O)NC(CO)C(O)CCCCCCCCCCCCCCCCCCC)OC(=O)CCCCCCCCCCCCC. The first kappa shape index (κ1) is 58.1. The van der Waals surface area contributed by atoms with Crippen LogP contribution in [0, 0.1) is 0 Å². The molecule has 0 rings (SSSR count). The van der Waals surface area contributed by atoms with E-state index in [2.05, 4.69) is 62.5 Å². The molecule has 3 N–H and O–H groups in total. The van der Waals surface area contributed by atoms with E-state index < -0.39 is 18.2 Å².